The van der Waals surface area contributed by atoms with Crippen molar-refractivity contribution in [1.29, 1.82) is 0 Å². The number of amides is 9. The molecule has 1 aliphatic rings. The van der Waals surface area contributed by atoms with Crippen LogP contribution in [0.5, 0.6) is 0 Å². The van der Waals surface area contributed by atoms with E-state index in [0.717, 1.165) is 34.0 Å². The van der Waals surface area contributed by atoms with Crippen LogP contribution in [-0.4, -0.2) is 262 Å². The van der Waals surface area contributed by atoms with Gasteiger partial charge < -0.3 is 85.5 Å². The Morgan fingerprint density at radius 2 is 1.08 bits per heavy atom. The van der Waals surface area contributed by atoms with Crippen LogP contribution in [0, 0.1) is 0 Å². The minimum Gasteiger partial charge on any atom is -0.480 e. The van der Waals surface area contributed by atoms with Gasteiger partial charge in [-0.1, -0.05) is 31.4 Å². The molecule has 0 aliphatic heterocycles. The Bertz CT molecular complexity index is 3000. The maximum absolute atomic E-state index is 15.0. The second kappa shape index (κ2) is 44.2. The van der Waals surface area contributed by atoms with Crippen molar-refractivity contribution in [1.82, 2.24) is 39.6 Å². The lowest BCUT2D eigenvalue weighted by atomic mass is 9.94. The lowest BCUT2D eigenvalue weighted by molar-refractivity contribution is -0.151. The summed E-state index contributed by atoms with van der Waals surface area (Å²) in [6.07, 6.45) is 11.0. The summed E-state index contributed by atoms with van der Waals surface area (Å²) in [6, 6.07) is 10.2. The quantitative estimate of drug-likeness (QED) is 0.0305. The molecular weight excluding hydrogens is 1290 g/mol. The van der Waals surface area contributed by atoms with Gasteiger partial charge in [0, 0.05) is 57.6 Å². The van der Waals surface area contributed by atoms with Crippen LogP contribution in [-0.2, 0) is 73.9 Å². The van der Waals surface area contributed by atoms with Crippen LogP contribution < -0.4 is 37.9 Å². The Hall–Kier alpha value is -7.66. The molecule has 2 aromatic heterocycles. The number of benzene rings is 1. The van der Waals surface area contributed by atoms with Crippen molar-refractivity contribution in [3.63, 3.8) is 0 Å². The van der Waals surface area contributed by atoms with Crippen LogP contribution in [0.15, 0.2) is 74.8 Å². The highest BCUT2D eigenvalue weighted by Gasteiger charge is 2.35. The number of carboxylic acid groups (broad SMARTS) is 1. The van der Waals surface area contributed by atoms with Crippen molar-refractivity contribution in [2.45, 2.75) is 114 Å². The number of thioether (sulfide) groups is 1. The first-order valence-electron chi connectivity index (χ1n) is 32.5. The van der Waals surface area contributed by atoms with E-state index in [1.807, 2.05) is 6.26 Å². The molecule has 1 unspecified atom stereocenters. The number of nitrogens with zero attached hydrogens (tertiary/aromatic N) is 8. The third kappa shape index (κ3) is 29.0. The molecule has 1 fully saturated rings. The number of primary sulfonamides is 1. The van der Waals surface area contributed by atoms with Gasteiger partial charge in [0.2, 0.25) is 69.1 Å². The standard InChI is InChI=1S/C63H100N14O17S2/c1-4-91-46-74(56(81)40-73(54(79)37-68-53-19-15-34-93-53)33-25-48-21-23-50(24-22-48)96(67,89)90)41-57(82)75(47-92-5-2)43-61(86)77(62-20-16-35-94-62)45-59(84)72(32-14-11-29-66)42-60(85)76(49-17-7-6-8-18-49)44-58(83)71(31-13-10-28-65)39-55(80)70(30-12-9-27-64)38-52(78)69-51(63(87)88)26-36-95-3/h15-16,19-24,34-35,49,51,68H,4-14,17-18,25-33,36-47,64-66H2,1-3H3,(H,69,78)(H,87,88)(H2,67,89,90). The third-order valence-electron chi connectivity index (χ3n) is 15.7. The van der Waals surface area contributed by atoms with E-state index in [1.54, 1.807) is 26.0 Å². The number of unbranched alkanes of at least 4 members (excludes halogenated alkanes) is 3. The summed E-state index contributed by atoms with van der Waals surface area (Å²) in [4.78, 5) is 151. The average Bonchev–Trinajstić information content (AvgIpc) is 1.29. The van der Waals surface area contributed by atoms with Crippen LogP contribution in [0.2, 0.25) is 0 Å². The van der Waals surface area contributed by atoms with E-state index in [4.69, 9.17) is 40.6 Å². The van der Waals surface area contributed by atoms with Gasteiger partial charge in [0.05, 0.1) is 50.1 Å². The zero-order valence-electron chi connectivity index (χ0n) is 55.7. The van der Waals surface area contributed by atoms with Crippen molar-refractivity contribution in [3.8, 4) is 0 Å². The molecule has 1 aliphatic carbocycles. The number of hydrogen-bond acceptors (Lipinski definition) is 21. The smallest absolute Gasteiger partial charge is 0.326 e. The van der Waals surface area contributed by atoms with Gasteiger partial charge in [0.15, 0.2) is 5.88 Å². The van der Waals surface area contributed by atoms with Gasteiger partial charge in [-0.25, -0.2) is 18.4 Å². The van der Waals surface area contributed by atoms with Gasteiger partial charge in [0.25, 0.3) is 0 Å². The lowest BCUT2D eigenvalue weighted by Gasteiger charge is -2.37. The number of carboxylic acids is 1. The van der Waals surface area contributed by atoms with Crippen LogP contribution in [0.3, 0.4) is 0 Å². The molecule has 1 aromatic carbocycles. The van der Waals surface area contributed by atoms with Gasteiger partial charge >= 0.3 is 5.97 Å². The summed E-state index contributed by atoms with van der Waals surface area (Å²) in [5.74, 6) is -6.53. The normalized spacial score (nSPS) is 12.7. The molecule has 536 valence electrons. The van der Waals surface area contributed by atoms with Crippen molar-refractivity contribution < 1.29 is 79.8 Å². The third-order valence-corrected chi connectivity index (χ3v) is 17.3. The number of furan rings is 2. The highest BCUT2D eigenvalue weighted by Crippen LogP contribution is 2.24. The molecule has 4 rings (SSSR count). The summed E-state index contributed by atoms with van der Waals surface area (Å²) in [7, 11) is -3.98. The maximum Gasteiger partial charge on any atom is 0.326 e. The Balaban J connectivity index is 1.59. The number of hydrogen-bond donors (Lipinski definition) is 7. The number of nitrogens with two attached hydrogens (primary N) is 4. The Morgan fingerprint density at radius 3 is 1.58 bits per heavy atom. The van der Waals surface area contributed by atoms with Gasteiger partial charge in [0.1, 0.15) is 45.7 Å². The molecule has 31 nitrogen and oxygen atoms in total. The van der Waals surface area contributed by atoms with E-state index in [1.165, 1.54) is 85.2 Å². The summed E-state index contributed by atoms with van der Waals surface area (Å²) < 4.78 is 46.1. The molecule has 2 heterocycles. The van der Waals surface area contributed by atoms with Gasteiger partial charge in [-0.2, -0.15) is 11.8 Å². The second-order valence-electron chi connectivity index (χ2n) is 22.9. The zero-order valence-corrected chi connectivity index (χ0v) is 57.3. The number of carbonyl (C=O) groups is 10. The van der Waals surface area contributed by atoms with Crippen LogP contribution in [0.1, 0.15) is 96.5 Å². The molecule has 11 N–H and O–H groups in total. The van der Waals surface area contributed by atoms with Crippen molar-refractivity contribution in [2.24, 2.45) is 22.3 Å². The summed E-state index contributed by atoms with van der Waals surface area (Å²) in [5.41, 5.74) is 18.2. The summed E-state index contributed by atoms with van der Waals surface area (Å²) in [6.45, 7) is -1.17. The predicted octanol–water partition coefficient (Wildman–Crippen LogP) is 0.868. The molecule has 9 amide bonds. The average molecular weight is 1390 g/mol. The fourth-order valence-electron chi connectivity index (χ4n) is 10.3. The minimum atomic E-state index is -3.98. The number of nitrogens with one attached hydrogen (secondary N) is 2. The number of anilines is 2. The fourth-order valence-corrected chi connectivity index (χ4v) is 11.3. The minimum absolute atomic E-state index is 0.00293. The summed E-state index contributed by atoms with van der Waals surface area (Å²) >= 11 is 1.42. The van der Waals surface area contributed by atoms with Gasteiger partial charge in [-0.05, 0) is 140 Å². The lowest BCUT2D eigenvalue weighted by Crippen LogP contribution is -2.55. The Morgan fingerprint density at radius 1 is 0.594 bits per heavy atom. The largest absolute Gasteiger partial charge is 0.480 e. The molecule has 0 saturated heterocycles. The fraction of sp³-hybridized carbons (Fsp3) is 0.619. The highest BCUT2D eigenvalue weighted by molar-refractivity contribution is 7.98. The second-order valence-corrected chi connectivity index (χ2v) is 25.5. The molecule has 96 heavy (non-hydrogen) atoms. The van der Waals surface area contributed by atoms with E-state index in [9.17, 15) is 61.5 Å². The molecular formula is C63H100N14O17S2. The monoisotopic (exact) mass is 1390 g/mol. The SMILES string of the molecule is CCOCN(CC(=O)N(COCC)CC(=O)N(CC(=O)N(CCCCN)CC(=O)N(CC(=O)N(CCCCN)CC(=O)N(CCCCN)CC(=O)NC(CCSC)C(=O)O)C1CCCCC1)c1ccco1)C(=O)CN(CCc1ccc(S(N)(=O)=O)cc1)C(=O)CNc1ccco1. The summed E-state index contributed by atoms with van der Waals surface area (Å²) in [5, 5.41) is 20.4. The maximum atomic E-state index is 15.0. The number of carbonyl (C=O) groups excluding carboxylic acids is 9. The van der Waals surface area contributed by atoms with E-state index in [2.05, 4.69) is 10.6 Å². The molecule has 3 aromatic rings. The zero-order chi connectivity index (χ0) is 70.4. The first kappa shape index (κ1) is 80.8. The van der Waals surface area contributed by atoms with Crippen molar-refractivity contribution in [3.05, 3.63) is 66.6 Å². The molecule has 1 saturated carbocycles. The van der Waals surface area contributed by atoms with Gasteiger partial charge in [-0.3, -0.25) is 48.1 Å². The van der Waals surface area contributed by atoms with Crippen LogP contribution >= 0.6 is 11.8 Å². The molecule has 0 spiro atoms. The van der Waals surface area contributed by atoms with Gasteiger partial charge in [-0.15, -0.1) is 0 Å². The molecule has 0 bridgehead atoms. The number of rotatable bonds is 48. The molecule has 0 radical (unpaired) electrons. The van der Waals surface area contributed by atoms with Crippen LogP contribution in [0.25, 0.3) is 0 Å². The first-order valence-corrected chi connectivity index (χ1v) is 35.5. The number of aliphatic carboxylic acids is 1. The Kier molecular flexibility index (Phi) is 37.2. The van der Waals surface area contributed by atoms with Crippen LogP contribution in [0.4, 0.5) is 11.8 Å². The topological polar surface area (TPSA) is 424 Å². The molecule has 33 heteroatoms. The highest BCUT2D eigenvalue weighted by atomic mass is 32.2. The Labute approximate surface area is 566 Å². The number of ether oxygens (including phenoxy) is 2. The molecule has 1 atom stereocenters. The predicted molar refractivity (Wildman–Crippen MR) is 359 cm³/mol. The first-order chi connectivity index (χ1) is 46.1. The van der Waals surface area contributed by atoms with E-state index >= 15 is 0 Å². The van der Waals surface area contributed by atoms with Crippen molar-refractivity contribution in [2.75, 3.05) is 154 Å². The van der Waals surface area contributed by atoms with E-state index < -0.39 is 147 Å². The van der Waals surface area contributed by atoms with Crippen molar-refractivity contribution >= 4 is 92.7 Å². The van der Waals surface area contributed by atoms with E-state index in [-0.39, 0.29) is 82.0 Å². The van der Waals surface area contributed by atoms with E-state index in [0.29, 0.717) is 75.8 Å². The number of sulfonamides is 1.